The molecule has 0 spiro atoms. The third kappa shape index (κ3) is 3.20. The molecular formula is C14H15N5O4. The summed E-state index contributed by atoms with van der Waals surface area (Å²) in [6.45, 7) is 1.54. The van der Waals surface area contributed by atoms with Crippen LogP contribution < -0.4 is 9.80 Å². The molecule has 120 valence electrons. The third-order valence-corrected chi connectivity index (χ3v) is 3.68. The topological polar surface area (TPSA) is 108 Å². The summed E-state index contributed by atoms with van der Waals surface area (Å²) in [4.78, 5) is 29.5. The average molecular weight is 317 g/mol. The van der Waals surface area contributed by atoms with E-state index in [2.05, 4.69) is 10.0 Å². The van der Waals surface area contributed by atoms with Crippen LogP contribution in [-0.2, 0) is 14.3 Å². The minimum atomic E-state index is -0.474. The van der Waals surface area contributed by atoms with Gasteiger partial charge >= 0.3 is 6.09 Å². The van der Waals surface area contributed by atoms with Crippen molar-refractivity contribution in [3.63, 3.8) is 0 Å². The number of carbonyl (C=O) groups is 2. The highest BCUT2D eigenvalue weighted by Crippen LogP contribution is 2.25. The smallest absolute Gasteiger partial charge is 0.414 e. The molecule has 0 aliphatic carbocycles. The number of hydrogen-bond donors (Lipinski definition) is 0. The quantitative estimate of drug-likeness (QED) is 0.478. The second kappa shape index (κ2) is 6.55. The van der Waals surface area contributed by atoms with E-state index in [1.54, 1.807) is 29.2 Å². The van der Waals surface area contributed by atoms with Crippen molar-refractivity contribution < 1.29 is 19.1 Å². The summed E-state index contributed by atoms with van der Waals surface area (Å²) in [7, 11) is 0. The van der Waals surface area contributed by atoms with E-state index in [4.69, 9.17) is 15.0 Å². The van der Waals surface area contributed by atoms with Gasteiger partial charge in [-0.1, -0.05) is 5.11 Å². The first-order valence-corrected chi connectivity index (χ1v) is 7.16. The van der Waals surface area contributed by atoms with Crippen LogP contribution in [-0.4, -0.2) is 51.0 Å². The lowest BCUT2D eigenvalue weighted by atomic mass is 10.2. The van der Waals surface area contributed by atoms with Gasteiger partial charge in [0.15, 0.2) is 0 Å². The number of hydrogen-bond acceptors (Lipinski definition) is 5. The second-order valence-corrected chi connectivity index (χ2v) is 5.14. The van der Waals surface area contributed by atoms with Crippen molar-refractivity contribution in [1.82, 2.24) is 0 Å². The minimum Gasteiger partial charge on any atom is -0.444 e. The molecule has 0 radical (unpaired) electrons. The van der Waals surface area contributed by atoms with E-state index >= 15 is 0 Å². The number of ether oxygens (including phenoxy) is 2. The molecule has 0 saturated carbocycles. The summed E-state index contributed by atoms with van der Waals surface area (Å²) < 4.78 is 10.2. The molecule has 2 aliphatic rings. The Bertz CT molecular complexity index is 656. The lowest BCUT2D eigenvalue weighted by molar-refractivity contribution is -0.125. The van der Waals surface area contributed by atoms with Gasteiger partial charge in [0.05, 0.1) is 19.7 Å². The molecule has 23 heavy (non-hydrogen) atoms. The molecule has 3 rings (SSSR count). The van der Waals surface area contributed by atoms with Gasteiger partial charge in [-0.15, -0.1) is 0 Å². The molecule has 0 aromatic heterocycles. The van der Waals surface area contributed by atoms with Crippen LogP contribution in [0.2, 0.25) is 0 Å². The molecular weight excluding hydrogens is 302 g/mol. The molecule has 2 heterocycles. The Morgan fingerprint density at radius 1 is 1.22 bits per heavy atom. The Morgan fingerprint density at radius 2 is 1.91 bits per heavy atom. The number of nitrogens with zero attached hydrogens (tertiary/aromatic N) is 5. The average Bonchev–Trinajstić information content (AvgIpc) is 2.94. The molecule has 1 atom stereocenters. The van der Waals surface area contributed by atoms with Crippen molar-refractivity contribution in [1.29, 1.82) is 0 Å². The lowest BCUT2D eigenvalue weighted by Crippen LogP contribution is -2.41. The molecule has 0 N–H and O–H groups in total. The number of azide groups is 1. The van der Waals surface area contributed by atoms with Crippen molar-refractivity contribution in [2.45, 2.75) is 6.10 Å². The molecule has 1 aromatic rings. The standard InChI is InChI=1S/C14H15N5O4/c15-17-16-7-12-8-19(14(21)23-12)11-3-1-10(2-4-11)18-5-6-22-9-13(18)20/h1-4,12H,5-9H2. The summed E-state index contributed by atoms with van der Waals surface area (Å²) in [6.07, 6.45) is -0.919. The number of carbonyl (C=O) groups excluding carboxylic acids is 2. The Balaban J connectivity index is 1.71. The van der Waals surface area contributed by atoms with Crippen LogP contribution in [0.4, 0.5) is 16.2 Å². The summed E-state index contributed by atoms with van der Waals surface area (Å²) >= 11 is 0. The zero-order valence-electron chi connectivity index (χ0n) is 12.3. The third-order valence-electron chi connectivity index (χ3n) is 3.68. The summed E-state index contributed by atoms with van der Waals surface area (Å²) in [5.74, 6) is -0.0842. The van der Waals surface area contributed by atoms with Gasteiger partial charge in [0.1, 0.15) is 12.7 Å². The first-order valence-electron chi connectivity index (χ1n) is 7.16. The molecule has 2 fully saturated rings. The van der Waals surface area contributed by atoms with Crippen molar-refractivity contribution in [2.75, 3.05) is 42.6 Å². The zero-order valence-corrected chi connectivity index (χ0v) is 12.3. The van der Waals surface area contributed by atoms with Crippen LogP contribution in [0.5, 0.6) is 0 Å². The number of amides is 2. The maximum absolute atomic E-state index is 11.9. The van der Waals surface area contributed by atoms with Crippen molar-refractivity contribution in [3.05, 3.63) is 34.7 Å². The van der Waals surface area contributed by atoms with Gasteiger partial charge in [-0.25, -0.2) is 4.79 Å². The van der Waals surface area contributed by atoms with E-state index in [0.717, 1.165) is 5.69 Å². The molecule has 2 amide bonds. The molecule has 9 nitrogen and oxygen atoms in total. The second-order valence-electron chi connectivity index (χ2n) is 5.14. The van der Waals surface area contributed by atoms with Gasteiger partial charge in [-0.2, -0.15) is 0 Å². The molecule has 1 aromatic carbocycles. The van der Waals surface area contributed by atoms with Crippen LogP contribution in [0, 0.1) is 0 Å². The summed E-state index contributed by atoms with van der Waals surface area (Å²) in [5, 5.41) is 3.42. The summed E-state index contributed by atoms with van der Waals surface area (Å²) in [5.41, 5.74) is 9.75. The molecule has 1 unspecified atom stereocenters. The molecule has 2 saturated heterocycles. The Kier molecular flexibility index (Phi) is 4.31. The first kappa shape index (κ1) is 15.1. The zero-order chi connectivity index (χ0) is 16.2. The van der Waals surface area contributed by atoms with E-state index in [0.29, 0.717) is 25.4 Å². The minimum absolute atomic E-state index is 0.0842. The predicted octanol–water partition coefficient (Wildman–Crippen LogP) is 1.69. The van der Waals surface area contributed by atoms with E-state index in [1.165, 1.54) is 4.90 Å². The maximum atomic E-state index is 11.9. The van der Waals surface area contributed by atoms with Crippen LogP contribution >= 0.6 is 0 Å². The van der Waals surface area contributed by atoms with E-state index in [-0.39, 0.29) is 19.1 Å². The number of anilines is 2. The van der Waals surface area contributed by atoms with Crippen LogP contribution in [0.25, 0.3) is 10.4 Å². The number of cyclic esters (lactones) is 1. The number of benzene rings is 1. The fraction of sp³-hybridized carbons (Fsp3) is 0.429. The van der Waals surface area contributed by atoms with Gasteiger partial charge in [0, 0.05) is 22.8 Å². The largest absolute Gasteiger partial charge is 0.444 e. The molecule has 0 bridgehead atoms. The molecule has 9 heteroatoms. The van der Waals surface area contributed by atoms with Crippen molar-refractivity contribution in [3.8, 4) is 0 Å². The van der Waals surface area contributed by atoms with Gasteiger partial charge in [0.2, 0.25) is 0 Å². The first-order chi connectivity index (χ1) is 11.2. The van der Waals surface area contributed by atoms with Crippen LogP contribution in [0.3, 0.4) is 0 Å². The fourth-order valence-corrected chi connectivity index (χ4v) is 2.56. The van der Waals surface area contributed by atoms with E-state index in [9.17, 15) is 9.59 Å². The summed E-state index contributed by atoms with van der Waals surface area (Å²) in [6, 6.07) is 7.09. The Morgan fingerprint density at radius 3 is 2.57 bits per heavy atom. The van der Waals surface area contributed by atoms with Crippen LogP contribution in [0.1, 0.15) is 0 Å². The predicted molar refractivity (Wildman–Crippen MR) is 81.2 cm³/mol. The monoisotopic (exact) mass is 317 g/mol. The highest BCUT2D eigenvalue weighted by Gasteiger charge is 2.32. The van der Waals surface area contributed by atoms with Crippen LogP contribution in [0.15, 0.2) is 29.4 Å². The van der Waals surface area contributed by atoms with Crippen molar-refractivity contribution >= 4 is 23.4 Å². The Hall–Kier alpha value is -2.77. The van der Waals surface area contributed by atoms with Gasteiger partial charge in [-0.3, -0.25) is 9.69 Å². The SMILES string of the molecule is [N-]=[N+]=NCC1CN(c2ccc(N3CCOCC3=O)cc2)C(=O)O1. The van der Waals surface area contributed by atoms with Gasteiger partial charge < -0.3 is 14.4 Å². The lowest BCUT2D eigenvalue weighted by Gasteiger charge is -2.27. The van der Waals surface area contributed by atoms with E-state index in [1.807, 2.05) is 0 Å². The normalized spacial score (nSPS) is 21.1. The number of morpholine rings is 1. The van der Waals surface area contributed by atoms with E-state index < -0.39 is 12.2 Å². The van der Waals surface area contributed by atoms with Crippen molar-refractivity contribution in [2.24, 2.45) is 5.11 Å². The van der Waals surface area contributed by atoms with Gasteiger partial charge in [-0.05, 0) is 29.8 Å². The number of rotatable bonds is 4. The molecule has 2 aliphatic heterocycles. The Labute approximate surface area is 132 Å². The highest BCUT2D eigenvalue weighted by atomic mass is 16.6. The fourth-order valence-electron chi connectivity index (χ4n) is 2.56. The maximum Gasteiger partial charge on any atom is 0.414 e. The van der Waals surface area contributed by atoms with Gasteiger partial charge in [0.25, 0.3) is 5.91 Å². The highest BCUT2D eigenvalue weighted by molar-refractivity contribution is 5.95.